The molecule has 0 spiro atoms. The Bertz CT molecular complexity index is 507. The van der Waals surface area contributed by atoms with Crippen molar-refractivity contribution in [1.82, 2.24) is 9.55 Å². The van der Waals surface area contributed by atoms with Crippen molar-refractivity contribution in [1.29, 1.82) is 0 Å². The minimum atomic E-state index is 0.585. The van der Waals surface area contributed by atoms with Gasteiger partial charge in [-0.3, -0.25) is 4.79 Å². The second-order valence-corrected chi connectivity index (χ2v) is 4.16. The van der Waals surface area contributed by atoms with E-state index < -0.39 is 0 Å². The largest absolute Gasteiger partial charge is 0.493 e. The first-order valence-corrected chi connectivity index (χ1v) is 5.94. The maximum Gasteiger partial charge on any atom is 0.153 e. The van der Waals surface area contributed by atoms with Crippen molar-refractivity contribution in [2.24, 2.45) is 0 Å². The summed E-state index contributed by atoms with van der Waals surface area (Å²) in [6.45, 7) is 3.40. The average molecular weight is 244 g/mol. The van der Waals surface area contributed by atoms with Gasteiger partial charge in [-0.15, -0.1) is 0 Å². The SMILES string of the molecule is Cc1ccc(OCCCn2ccnc2)c(C=O)c1. The number of ether oxygens (including phenoxy) is 1. The zero-order chi connectivity index (χ0) is 12.8. The smallest absolute Gasteiger partial charge is 0.153 e. The molecule has 1 aromatic carbocycles. The second kappa shape index (κ2) is 6.00. The van der Waals surface area contributed by atoms with E-state index in [1.165, 1.54) is 0 Å². The van der Waals surface area contributed by atoms with Crippen LogP contribution in [0.5, 0.6) is 5.75 Å². The Labute approximate surface area is 106 Å². The van der Waals surface area contributed by atoms with E-state index in [1.807, 2.05) is 35.9 Å². The van der Waals surface area contributed by atoms with Gasteiger partial charge in [0.25, 0.3) is 0 Å². The van der Waals surface area contributed by atoms with Crippen molar-refractivity contribution < 1.29 is 9.53 Å². The van der Waals surface area contributed by atoms with E-state index in [-0.39, 0.29) is 0 Å². The third-order valence-electron chi connectivity index (χ3n) is 2.67. The number of imidazole rings is 1. The van der Waals surface area contributed by atoms with Crippen LogP contribution in [0.1, 0.15) is 22.3 Å². The van der Waals surface area contributed by atoms with Crippen molar-refractivity contribution in [3.05, 3.63) is 48.0 Å². The molecule has 94 valence electrons. The summed E-state index contributed by atoms with van der Waals surface area (Å²) < 4.78 is 7.62. The van der Waals surface area contributed by atoms with Crippen molar-refractivity contribution in [3.8, 4) is 5.75 Å². The topological polar surface area (TPSA) is 44.1 Å². The molecule has 0 saturated carbocycles. The maximum atomic E-state index is 10.9. The molecule has 4 heteroatoms. The van der Waals surface area contributed by atoms with E-state index >= 15 is 0 Å². The van der Waals surface area contributed by atoms with Crippen LogP contribution in [0.15, 0.2) is 36.9 Å². The maximum absolute atomic E-state index is 10.9. The Morgan fingerprint density at radius 3 is 3.06 bits per heavy atom. The number of aldehydes is 1. The summed E-state index contributed by atoms with van der Waals surface area (Å²) in [7, 11) is 0. The standard InChI is InChI=1S/C14H16N2O2/c1-12-3-4-14(13(9-12)10-17)18-8-2-6-16-7-5-15-11-16/h3-5,7,9-11H,2,6,8H2,1H3. The van der Waals surface area contributed by atoms with Crippen molar-refractivity contribution in [3.63, 3.8) is 0 Å². The van der Waals surface area contributed by atoms with E-state index in [4.69, 9.17) is 4.74 Å². The molecule has 4 nitrogen and oxygen atoms in total. The predicted octanol–water partition coefficient (Wildman–Crippen LogP) is 2.47. The summed E-state index contributed by atoms with van der Waals surface area (Å²) in [5.41, 5.74) is 1.67. The summed E-state index contributed by atoms with van der Waals surface area (Å²) in [4.78, 5) is 14.9. The van der Waals surface area contributed by atoms with E-state index in [0.717, 1.165) is 24.8 Å². The van der Waals surface area contributed by atoms with Crippen molar-refractivity contribution >= 4 is 6.29 Å². The lowest BCUT2D eigenvalue weighted by atomic mass is 10.1. The Balaban J connectivity index is 1.84. The summed E-state index contributed by atoms with van der Waals surface area (Å²) in [5.74, 6) is 0.654. The Morgan fingerprint density at radius 2 is 2.33 bits per heavy atom. The van der Waals surface area contributed by atoms with E-state index in [2.05, 4.69) is 4.98 Å². The zero-order valence-corrected chi connectivity index (χ0v) is 10.4. The Kier molecular flexibility index (Phi) is 4.12. The molecule has 0 aliphatic carbocycles. The summed E-state index contributed by atoms with van der Waals surface area (Å²) in [6, 6.07) is 5.62. The van der Waals surface area contributed by atoms with Crippen LogP contribution in [0.25, 0.3) is 0 Å². The lowest BCUT2D eigenvalue weighted by Crippen LogP contribution is -2.04. The van der Waals surface area contributed by atoms with Crippen LogP contribution in [-0.2, 0) is 6.54 Å². The second-order valence-electron chi connectivity index (χ2n) is 4.16. The molecule has 0 aliphatic rings. The third-order valence-corrected chi connectivity index (χ3v) is 2.67. The number of nitrogens with zero attached hydrogens (tertiary/aromatic N) is 2. The number of carbonyl (C=O) groups excluding carboxylic acids is 1. The van der Waals surface area contributed by atoms with Crippen LogP contribution < -0.4 is 4.74 Å². The Hall–Kier alpha value is -2.10. The van der Waals surface area contributed by atoms with Gasteiger partial charge in [-0.1, -0.05) is 11.6 Å². The minimum absolute atomic E-state index is 0.585. The summed E-state index contributed by atoms with van der Waals surface area (Å²) in [6.07, 6.45) is 7.16. The molecule has 2 rings (SSSR count). The van der Waals surface area contributed by atoms with E-state index in [0.29, 0.717) is 17.9 Å². The molecule has 1 heterocycles. The van der Waals surface area contributed by atoms with Crippen LogP contribution in [-0.4, -0.2) is 22.4 Å². The fourth-order valence-corrected chi connectivity index (χ4v) is 1.74. The number of aryl methyl sites for hydroxylation is 2. The van der Waals surface area contributed by atoms with Gasteiger partial charge in [0.2, 0.25) is 0 Å². The molecule has 0 atom stereocenters. The van der Waals surface area contributed by atoms with Crippen LogP contribution in [0, 0.1) is 6.92 Å². The number of hydrogen-bond donors (Lipinski definition) is 0. The van der Waals surface area contributed by atoms with Gasteiger partial charge in [-0.2, -0.15) is 0 Å². The molecule has 2 aromatic rings. The lowest BCUT2D eigenvalue weighted by Gasteiger charge is -2.09. The van der Waals surface area contributed by atoms with Crippen molar-refractivity contribution in [2.75, 3.05) is 6.61 Å². The zero-order valence-electron chi connectivity index (χ0n) is 10.4. The summed E-state index contributed by atoms with van der Waals surface area (Å²) in [5, 5.41) is 0. The van der Waals surface area contributed by atoms with E-state index in [1.54, 1.807) is 12.5 Å². The van der Waals surface area contributed by atoms with Gasteiger partial charge in [0.1, 0.15) is 5.75 Å². The fourth-order valence-electron chi connectivity index (χ4n) is 1.74. The molecule has 0 aliphatic heterocycles. The van der Waals surface area contributed by atoms with Crippen LogP contribution in [0.4, 0.5) is 0 Å². The monoisotopic (exact) mass is 244 g/mol. The molecule has 0 fully saturated rings. The molecule has 0 bridgehead atoms. The van der Waals surface area contributed by atoms with Gasteiger partial charge >= 0.3 is 0 Å². The molecule has 0 saturated heterocycles. The van der Waals surface area contributed by atoms with Crippen LogP contribution >= 0.6 is 0 Å². The molecular weight excluding hydrogens is 228 g/mol. The molecule has 0 radical (unpaired) electrons. The molecule has 0 N–H and O–H groups in total. The minimum Gasteiger partial charge on any atom is -0.493 e. The highest BCUT2D eigenvalue weighted by molar-refractivity contribution is 5.79. The van der Waals surface area contributed by atoms with Gasteiger partial charge in [0.05, 0.1) is 18.5 Å². The third kappa shape index (κ3) is 3.20. The van der Waals surface area contributed by atoms with Crippen LogP contribution in [0.2, 0.25) is 0 Å². The number of rotatable bonds is 6. The quantitative estimate of drug-likeness (QED) is 0.579. The number of aromatic nitrogens is 2. The van der Waals surface area contributed by atoms with E-state index in [9.17, 15) is 4.79 Å². The first-order chi connectivity index (χ1) is 8.79. The molecule has 18 heavy (non-hydrogen) atoms. The first-order valence-electron chi connectivity index (χ1n) is 5.94. The van der Waals surface area contributed by atoms with Gasteiger partial charge in [0, 0.05) is 18.9 Å². The van der Waals surface area contributed by atoms with Gasteiger partial charge in [0.15, 0.2) is 6.29 Å². The van der Waals surface area contributed by atoms with Gasteiger partial charge in [-0.25, -0.2) is 4.98 Å². The van der Waals surface area contributed by atoms with Crippen molar-refractivity contribution in [2.45, 2.75) is 19.9 Å². The highest BCUT2D eigenvalue weighted by Gasteiger charge is 2.02. The number of hydrogen-bond acceptors (Lipinski definition) is 3. The predicted molar refractivity (Wildman–Crippen MR) is 68.9 cm³/mol. The lowest BCUT2D eigenvalue weighted by molar-refractivity contribution is 0.111. The molecular formula is C14H16N2O2. The van der Waals surface area contributed by atoms with Gasteiger partial charge in [-0.05, 0) is 25.5 Å². The van der Waals surface area contributed by atoms with Gasteiger partial charge < -0.3 is 9.30 Å². The fraction of sp³-hybridized carbons (Fsp3) is 0.286. The van der Waals surface area contributed by atoms with Crippen LogP contribution in [0.3, 0.4) is 0 Å². The average Bonchev–Trinajstić information content (AvgIpc) is 2.89. The normalized spacial score (nSPS) is 10.3. The molecule has 0 unspecified atom stereocenters. The first kappa shape index (κ1) is 12.4. The number of carbonyl (C=O) groups is 1. The highest BCUT2D eigenvalue weighted by atomic mass is 16.5. The highest BCUT2D eigenvalue weighted by Crippen LogP contribution is 2.18. The Morgan fingerprint density at radius 1 is 1.44 bits per heavy atom. The molecule has 1 aromatic heterocycles. The molecule has 0 amide bonds. The number of benzene rings is 1. The summed E-state index contributed by atoms with van der Waals surface area (Å²) >= 11 is 0.